The smallest absolute Gasteiger partial charge is 0.258 e. The van der Waals surface area contributed by atoms with Gasteiger partial charge in [0.25, 0.3) is 15.9 Å². The third-order valence-corrected chi connectivity index (χ3v) is 6.80. The number of nitrogens with zero attached hydrogens (tertiary/aromatic N) is 3. The summed E-state index contributed by atoms with van der Waals surface area (Å²) < 4.78 is 26.9. The van der Waals surface area contributed by atoms with Crippen molar-refractivity contribution in [2.45, 2.75) is 0 Å². The average molecular weight is 437 g/mol. The number of anilines is 1. The monoisotopic (exact) mass is 436 g/mol. The molecule has 0 saturated carbocycles. The van der Waals surface area contributed by atoms with Crippen molar-refractivity contribution in [1.82, 2.24) is 9.88 Å². The molecule has 0 aliphatic carbocycles. The van der Waals surface area contributed by atoms with Gasteiger partial charge in [0, 0.05) is 23.7 Å². The standard InChI is InChI=1S/C21H16N4O3S2/c26-20(15-8-9-19-24-30(27,28)11-10-25(19)12-15)23-21-22-18(13-29-21)17-7-3-5-14-4-1-2-6-16(14)17/h1-9,12-13H,10-11H2,(H,22,23,26). The van der Waals surface area contributed by atoms with E-state index in [0.717, 1.165) is 22.0 Å². The fourth-order valence-corrected chi connectivity index (χ4v) is 5.08. The molecule has 3 aromatic rings. The van der Waals surface area contributed by atoms with E-state index in [1.165, 1.54) is 17.4 Å². The van der Waals surface area contributed by atoms with Gasteiger partial charge in [-0.1, -0.05) is 42.5 Å². The molecule has 1 N–H and O–H groups in total. The SMILES string of the molecule is O=C(Nc1nc(-c2cccc3ccccc23)cs1)C1=CN2CCS(=O)(=O)N=C2C=C1. The van der Waals surface area contributed by atoms with Crippen LogP contribution in [0.5, 0.6) is 0 Å². The summed E-state index contributed by atoms with van der Waals surface area (Å²) in [5.74, 6) is -0.0563. The van der Waals surface area contributed by atoms with Crippen LogP contribution in [0.4, 0.5) is 5.13 Å². The van der Waals surface area contributed by atoms with Crippen molar-refractivity contribution in [2.24, 2.45) is 4.40 Å². The molecule has 0 unspecified atom stereocenters. The van der Waals surface area contributed by atoms with Crippen LogP contribution in [-0.2, 0) is 14.8 Å². The van der Waals surface area contributed by atoms with Crippen molar-refractivity contribution >= 4 is 49.0 Å². The highest BCUT2D eigenvalue weighted by Gasteiger charge is 2.25. The molecule has 0 atom stereocenters. The van der Waals surface area contributed by atoms with Crippen LogP contribution in [0.2, 0.25) is 0 Å². The highest BCUT2D eigenvalue weighted by Crippen LogP contribution is 2.31. The number of sulfonamides is 1. The lowest BCUT2D eigenvalue weighted by atomic mass is 10.0. The fourth-order valence-electron chi connectivity index (χ4n) is 3.41. The molecule has 0 saturated heterocycles. The lowest BCUT2D eigenvalue weighted by molar-refractivity contribution is -0.112. The average Bonchev–Trinajstić information content (AvgIpc) is 3.20. The number of nitrogens with one attached hydrogen (secondary N) is 1. The maximum Gasteiger partial charge on any atom is 0.258 e. The number of carbonyl (C=O) groups is 1. The van der Waals surface area contributed by atoms with Gasteiger partial charge in [0.1, 0.15) is 5.84 Å². The first kappa shape index (κ1) is 18.7. The van der Waals surface area contributed by atoms with Gasteiger partial charge in [0.15, 0.2) is 5.13 Å². The maximum absolute atomic E-state index is 12.7. The van der Waals surface area contributed by atoms with Gasteiger partial charge in [-0.05, 0) is 22.9 Å². The first-order valence-electron chi connectivity index (χ1n) is 9.23. The molecule has 9 heteroatoms. The third-order valence-electron chi connectivity index (χ3n) is 4.88. The summed E-state index contributed by atoms with van der Waals surface area (Å²) in [7, 11) is -3.42. The lowest BCUT2D eigenvalue weighted by Crippen LogP contribution is -2.37. The summed E-state index contributed by atoms with van der Waals surface area (Å²) in [4.78, 5) is 18.9. The van der Waals surface area contributed by atoms with Crippen molar-refractivity contribution in [2.75, 3.05) is 17.6 Å². The van der Waals surface area contributed by atoms with E-state index < -0.39 is 10.0 Å². The minimum atomic E-state index is -3.42. The lowest BCUT2D eigenvalue weighted by Gasteiger charge is -2.26. The summed E-state index contributed by atoms with van der Waals surface area (Å²) in [5, 5.41) is 7.48. The van der Waals surface area contributed by atoms with Crippen LogP contribution >= 0.6 is 11.3 Å². The zero-order chi connectivity index (χ0) is 20.7. The van der Waals surface area contributed by atoms with Crippen molar-refractivity contribution in [3.05, 3.63) is 71.8 Å². The summed E-state index contributed by atoms with van der Waals surface area (Å²) in [6.45, 7) is 0.269. The quantitative estimate of drug-likeness (QED) is 0.679. The first-order chi connectivity index (χ1) is 14.5. The molecular formula is C21H16N4O3S2. The Morgan fingerprint density at radius 1 is 1.10 bits per heavy atom. The van der Waals surface area contributed by atoms with Gasteiger partial charge in [-0.3, -0.25) is 10.1 Å². The zero-order valence-electron chi connectivity index (χ0n) is 15.6. The van der Waals surface area contributed by atoms with Crippen LogP contribution in [0.25, 0.3) is 22.0 Å². The molecule has 5 rings (SSSR count). The minimum absolute atomic E-state index is 0.0728. The van der Waals surface area contributed by atoms with E-state index in [0.29, 0.717) is 16.5 Å². The van der Waals surface area contributed by atoms with Crippen LogP contribution in [-0.4, -0.2) is 42.3 Å². The number of aromatic nitrogens is 1. The van der Waals surface area contributed by atoms with Crippen LogP contribution in [0.15, 0.2) is 76.2 Å². The van der Waals surface area contributed by atoms with E-state index in [2.05, 4.69) is 32.9 Å². The molecule has 0 spiro atoms. The van der Waals surface area contributed by atoms with Crippen molar-refractivity contribution < 1.29 is 13.2 Å². The van der Waals surface area contributed by atoms with Gasteiger partial charge in [-0.2, -0.15) is 0 Å². The Balaban J connectivity index is 1.37. The molecule has 1 amide bonds. The number of carbonyl (C=O) groups excluding carboxylic acids is 1. The number of benzene rings is 2. The van der Waals surface area contributed by atoms with Crippen LogP contribution in [0, 0.1) is 0 Å². The Labute approximate surface area is 177 Å². The fraction of sp³-hybridized carbons (Fsp3) is 0.0952. The van der Waals surface area contributed by atoms with Crippen molar-refractivity contribution in [3.8, 4) is 11.3 Å². The Kier molecular flexibility index (Phi) is 4.48. The van der Waals surface area contributed by atoms with Gasteiger partial charge < -0.3 is 4.90 Å². The highest BCUT2D eigenvalue weighted by molar-refractivity contribution is 7.90. The Hall–Kier alpha value is -3.30. The van der Waals surface area contributed by atoms with Gasteiger partial charge in [0.05, 0.1) is 17.0 Å². The van der Waals surface area contributed by atoms with Crippen LogP contribution in [0.3, 0.4) is 0 Å². The maximum atomic E-state index is 12.7. The largest absolute Gasteiger partial charge is 0.330 e. The van der Waals surface area contributed by atoms with Crippen LogP contribution < -0.4 is 5.32 Å². The molecule has 0 fully saturated rings. The van der Waals surface area contributed by atoms with E-state index in [4.69, 9.17) is 0 Å². The molecule has 0 bridgehead atoms. The molecule has 1 aromatic heterocycles. The van der Waals surface area contributed by atoms with Gasteiger partial charge in [0.2, 0.25) is 0 Å². The summed E-state index contributed by atoms with van der Waals surface area (Å²) in [6.07, 6.45) is 4.71. The Morgan fingerprint density at radius 2 is 1.93 bits per heavy atom. The molecule has 7 nitrogen and oxygen atoms in total. The first-order valence-corrected chi connectivity index (χ1v) is 11.7. The third kappa shape index (κ3) is 3.53. The van der Waals surface area contributed by atoms with E-state index in [1.807, 2.05) is 29.6 Å². The topological polar surface area (TPSA) is 91.7 Å². The second-order valence-corrected chi connectivity index (χ2v) is 9.48. The van der Waals surface area contributed by atoms with E-state index in [-0.39, 0.29) is 18.2 Å². The van der Waals surface area contributed by atoms with Crippen molar-refractivity contribution in [3.63, 3.8) is 0 Å². The van der Waals surface area contributed by atoms with Crippen molar-refractivity contribution in [1.29, 1.82) is 0 Å². The summed E-state index contributed by atoms with van der Waals surface area (Å²) in [6, 6.07) is 14.2. The van der Waals surface area contributed by atoms with Gasteiger partial charge in [-0.15, -0.1) is 15.7 Å². The molecule has 2 aliphatic heterocycles. The predicted molar refractivity (Wildman–Crippen MR) is 119 cm³/mol. The number of thiazole rings is 1. The normalized spacial score (nSPS) is 17.3. The number of hydrogen-bond acceptors (Lipinski definition) is 6. The predicted octanol–water partition coefficient (Wildman–Crippen LogP) is 3.40. The number of fused-ring (bicyclic) bond motifs is 2. The second kappa shape index (κ2) is 7.19. The van der Waals surface area contributed by atoms with Gasteiger partial charge in [-0.25, -0.2) is 13.4 Å². The van der Waals surface area contributed by atoms with E-state index >= 15 is 0 Å². The number of rotatable bonds is 3. The number of amides is 1. The Bertz CT molecular complexity index is 1360. The molecule has 2 aliphatic rings. The molecule has 2 aromatic carbocycles. The minimum Gasteiger partial charge on any atom is -0.330 e. The molecule has 3 heterocycles. The number of amidine groups is 1. The Morgan fingerprint density at radius 3 is 2.83 bits per heavy atom. The zero-order valence-corrected chi connectivity index (χ0v) is 17.3. The van der Waals surface area contributed by atoms with Gasteiger partial charge >= 0.3 is 0 Å². The summed E-state index contributed by atoms with van der Waals surface area (Å²) in [5.41, 5.74) is 2.23. The van der Waals surface area contributed by atoms with Crippen LogP contribution in [0.1, 0.15) is 0 Å². The van der Waals surface area contributed by atoms with E-state index in [1.54, 1.807) is 17.2 Å². The molecule has 0 radical (unpaired) electrons. The number of hydrogen-bond donors (Lipinski definition) is 1. The van der Waals surface area contributed by atoms with E-state index in [9.17, 15) is 13.2 Å². The molecule has 150 valence electrons. The summed E-state index contributed by atoms with van der Waals surface area (Å²) >= 11 is 1.36. The molecular weight excluding hydrogens is 420 g/mol. The second-order valence-electron chi connectivity index (χ2n) is 6.87. The molecule has 30 heavy (non-hydrogen) atoms. The highest BCUT2D eigenvalue weighted by atomic mass is 32.2.